The highest BCUT2D eigenvalue weighted by atomic mass is 35.5. The molecule has 0 aliphatic carbocycles. The molecule has 4 aromatic heterocycles. The van der Waals surface area contributed by atoms with Gasteiger partial charge in [0.2, 0.25) is 5.91 Å². The summed E-state index contributed by atoms with van der Waals surface area (Å²) in [6.45, 7) is 37.5. The Bertz CT molecular complexity index is 6030. The molecule has 27 nitrogen and oxygen atoms in total. The lowest BCUT2D eigenvalue weighted by atomic mass is 9.99. The van der Waals surface area contributed by atoms with Gasteiger partial charge in [-0.1, -0.05) is 84.2 Å². The van der Waals surface area contributed by atoms with Gasteiger partial charge in [0.1, 0.15) is 52.2 Å². The van der Waals surface area contributed by atoms with E-state index in [1.54, 1.807) is 67.5 Å². The van der Waals surface area contributed by atoms with Gasteiger partial charge in [-0.25, -0.2) is 9.97 Å². The number of morpholine rings is 2. The number of aliphatic imine (C=N–C) groups is 1. The van der Waals surface area contributed by atoms with Crippen molar-refractivity contribution in [3.63, 3.8) is 0 Å². The normalized spacial score (nSPS) is 16.6. The molecule has 137 heavy (non-hydrogen) atoms. The number of methoxy groups -OCH3 is 4. The number of hydrogen-bond acceptors (Lipinski definition) is 24. The Morgan fingerprint density at radius 1 is 0.591 bits per heavy atom. The Morgan fingerprint density at radius 3 is 1.61 bits per heavy atom. The number of Topliss-reactive ketones (excluding diaryl/α,β-unsaturated/α-hetero) is 2. The molecule has 16 rings (SSSR count). The number of fused-ring (bicyclic) bond motifs is 6. The molecule has 3 saturated heterocycles. The minimum absolute atomic E-state index is 0.0497. The van der Waals surface area contributed by atoms with Crippen molar-refractivity contribution >= 4 is 109 Å². The van der Waals surface area contributed by atoms with Crippen LogP contribution in [-0.2, 0) is 78.7 Å². The van der Waals surface area contributed by atoms with Gasteiger partial charge in [0.15, 0.2) is 40.4 Å². The molecule has 1 unspecified atom stereocenters. The quantitative estimate of drug-likeness (QED) is 0.0340. The van der Waals surface area contributed by atoms with Crippen molar-refractivity contribution in [3.05, 3.63) is 227 Å². The van der Waals surface area contributed by atoms with E-state index in [-0.39, 0.29) is 29.9 Å². The molecule has 31 heteroatoms. The van der Waals surface area contributed by atoms with Crippen LogP contribution < -0.4 is 39.9 Å². The maximum Gasteiger partial charge on any atom is 0.308 e. The summed E-state index contributed by atoms with van der Waals surface area (Å²) >= 11 is 20.5. The number of esters is 1. The number of ketones is 2. The number of thiophene rings is 1. The Hall–Kier alpha value is -11.2. The summed E-state index contributed by atoms with van der Waals surface area (Å²) in [4.78, 5) is 75.2. The number of amides is 1. The van der Waals surface area contributed by atoms with Crippen LogP contribution in [0.3, 0.4) is 0 Å². The molecule has 7 aromatic carbocycles. The smallest absolute Gasteiger partial charge is 0.308 e. The van der Waals surface area contributed by atoms with Crippen LogP contribution in [0.5, 0.6) is 34.5 Å². The number of ether oxygens (including phenoxy) is 9. The van der Waals surface area contributed by atoms with Crippen molar-refractivity contribution in [3.8, 4) is 50.6 Å². The Kier molecular flexibility index (Phi) is 35.4. The number of rotatable bonds is 28. The number of aryl methyl sites for hydroxylation is 6. The summed E-state index contributed by atoms with van der Waals surface area (Å²) in [5.74, 6) is 7.80. The second-order valence-electron chi connectivity index (χ2n) is 36.7. The van der Waals surface area contributed by atoms with Gasteiger partial charge in [-0.15, -0.1) is 21.5 Å². The molecule has 0 bridgehead atoms. The number of imidazole rings is 2. The van der Waals surface area contributed by atoms with Crippen LogP contribution in [0.25, 0.3) is 49.3 Å². The van der Waals surface area contributed by atoms with E-state index in [0.29, 0.717) is 117 Å². The van der Waals surface area contributed by atoms with E-state index >= 15 is 0 Å². The van der Waals surface area contributed by atoms with Gasteiger partial charge >= 0.3 is 5.97 Å². The molecule has 0 saturated carbocycles. The standard InChI is InChI=1S/2C28H35ClN4O3.C27H36N2O5.C23H25ClN4O2S/c2*1-18(32-11-13-36-14-12-32)17-33-25-8-7-22(28(19(2)30)20(3)34)16-24(25)31-27(33)10-6-21-5-9-26(35-4)23(29)15-21;1-5-26(30)29-11-12-33-27-22(17-29)13-21(20-8-9-23(31-3)24(14-20)32-4)15-25(27)34-18-19-7-6-10-28(2)16-19;1-12-13(2)31-22-19(12)20(15-7-9-16(24)10-8-15)25-17(11-18(29)30-23(4,5)6)21-27-26-14(3)28(21)22/h2*5,7-9,15-16,18H,6,10-14,17,30H2,1-4H3;8-9,13-15,19H,5-7,10-12,16-18H2,1-4H3;7-10,17H,11H2,1-6H3/t18-;;19-;17-/m0.00/s1. The highest BCUT2D eigenvalue weighted by Gasteiger charge is 2.35. The molecule has 0 spiro atoms. The number of nitrogens with zero attached hydrogens (tertiary/aromatic N) is 12. The van der Waals surface area contributed by atoms with Gasteiger partial charge in [0.05, 0.1) is 112 Å². The first-order chi connectivity index (χ1) is 65.6. The van der Waals surface area contributed by atoms with Crippen molar-refractivity contribution in [2.75, 3.05) is 121 Å². The minimum atomic E-state index is -0.569. The lowest BCUT2D eigenvalue weighted by Crippen LogP contribution is -2.44. The number of hydrogen-bond donors (Lipinski definition) is 2. The number of aromatic nitrogens is 7. The lowest BCUT2D eigenvalue weighted by Gasteiger charge is -2.32. The second kappa shape index (κ2) is 47.0. The van der Waals surface area contributed by atoms with Crippen molar-refractivity contribution in [1.82, 2.24) is 53.5 Å². The zero-order valence-electron chi connectivity index (χ0n) is 82.3. The van der Waals surface area contributed by atoms with E-state index in [1.807, 2.05) is 153 Å². The van der Waals surface area contributed by atoms with Gasteiger partial charge in [-0.2, -0.15) is 0 Å². The third-order valence-corrected chi connectivity index (χ3v) is 27.5. The summed E-state index contributed by atoms with van der Waals surface area (Å²) in [5, 5.41) is 11.6. The SMILES string of the molecule is CCC(=O)N1CCOc2c(cc(-c3ccc(OC)c(OC)c3)cc2OC[C@H]2CCCN(C)C2)C1.COc1ccc(CCc2nc3cc(C(C(C)=O)=C(C)N)ccc3n2CC(C)N2CCOCC2)cc1Cl.COc1ccc(CCc2nc3cc(C(C(C)=O)=C(C)N)ccc3n2C[C@H](C)N2CCOCC2)cc1Cl.Cc1sc2c(c1C)C(c1ccc(Cl)cc1)=N[C@@H](CC(=O)OC(C)(C)C)c1nnc(C)n1-2. The molecule has 5 aliphatic rings. The molecular formula is C106H131Cl3N14O13S. The van der Waals surface area contributed by atoms with Gasteiger partial charge in [-0.3, -0.25) is 38.5 Å². The molecule has 3 fully saturated rings. The first-order valence-corrected chi connectivity index (χ1v) is 49.0. The molecule has 11 aromatic rings. The van der Waals surface area contributed by atoms with Crippen LogP contribution in [0, 0.1) is 26.7 Å². The number of nitrogens with two attached hydrogens (primary N) is 2. The fourth-order valence-corrected chi connectivity index (χ4v) is 20.3. The minimum Gasteiger partial charge on any atom is -0.495 e. The third-order valence-electron chi connectivity index (χ3n) is 25.5. The highest BCUT2D eigenvalue weighted by molar-refractivity contribution is 7.15. The zero-order chi connectivity index (χ0) is 98.2. The molecule has 9 heterocycles. The van der Waals surface area contributed by atoms with Gasteiger partial charge < -0.3 is 73.0 Å². The second-order valence-corrected chi connectivity index (χ2v) is 39.1. The summed E-state index contributed by atoms with van der Waals surface area (Å²) < 4.78 is 57.4. The molecule has 0 radical (unpaired) electrons. The predicted molar refractivity (Wildman–Crippen MR) is 545 cm³/mol. The first kappa shape index (κ1) is 103. The van der Waals surface area contributed by atoms with Crippen molar-refractivity contribution in [1.29, 1.82) is 0 Å². The summed E-state index contributed by atoms with van der Waals surface area (Å²) in [5.41, 5.74) is 28.2. The van der Waals surface area contributed by atoms with Crippen LogP contribution in [0.4, 0.5) is 0 Å². The summed E-state index contributed by atoms with van der Waals surface area (Å²) in [6.07, 6.45) is 6.03. The maximum atomic E-state index is 12.7. The molecule has 730 valence electrons. The van der Waals surface area contributed by atoms with E-state index in [4.69, 9.17) is 104 Å². The van der Waals surface area contributed by atoms with Gasteiger partial charge in [0.25, 0.3) is 0 Å². The lowest BCUT2D eigenvalue weighted by molar-refractivity contribution is -0.155. The summed E-state index contributed by atoms with van der Waals surface area (Å²) in [7, 11) is 8.66. The fourth-order valence-electron chi connectivity index (χ4n) is 18.4. The largest absolute Gasteiger partial charge is 0.495 e. The van der Waals surface area contributed by atoms with Gasteiger partial charge in [0, 0.05) is 139 Å². The number of benzene rings is 7. The molecular weight excluding hydrogens is 1820 g/mol. The first-order valence-electron chi connectivity index (χ1n) is 47.0. The number of piperidine rings is 1. The molecule has 1 amide bonds. The van der Waals surface area contributed by atoms with Crippen LogP contribution in [0.1, 0.15) is 174 Å². The number of allylic oxidation sites excluding steroid dienone is 4. The monoisotopic (exact) mass is 1940 g/mol. The van der Waals surface area contributed by atoms with Crippen molar-refractivity contribution in [2.45, 2.75) is 185 Å². The zero-order valence-corrected chi connectivity index (χ0v) is 85.4. The molecule has 4 N–H and O–H groups in total. The van der Waals surface area contributed by atoms with Gasteiger partial charge in [-0.05, 0) is 246 Å². The third kappa shape index (κ3) is 25.7. The number of halogens is 3. The number of likely N-dealkylation sites (tertiary alicyclic amines) is 1. The Morgan fingerprint density at radius 2 is 1.12 bits per heavy atom. The number of carbonyl (C=O) groups is 4. The highest BCUT2D eigenvalue weighted by Crippen LogP contribution is 2.44. The molecule has 5 aliphatic heterocycles. The van der Waals surface area contributed by atoms with Crippen LogP contribution >= 0.6 is 46.1 Å². The average Bonchev–Trinajstić information content (AvgIpc) is 1.59. The Labute approximate surface area is 823 Å². The van der Waals surface area contributed by atoms with E-state index in [0.717, 1.165) is 222 Å². The van der Waals surface area contributed by atoms with Crippen molar-refractivity contribution in [2.24, 2.45) is 22.4 Å². The van der Waals surface area contributed by atoms with E-state index < -0.39 is 11.6 Å². The van der Waals surface area contributed by atoms with Crippen LogP contribution in [-0.4, -0.2) is 221 Å². The van der Waals surface area contributed by atoms with E-state index in [9.17, 15) is 19.2 Å². The average molecular weight is 1950 g/mol. The maximum absolute atomic E-state index is 12.7. The topological polar surface area (TPSA) is 295 Å². The summed E-state index contributed by atoms with van der Waals surface area (Å²) in [6, 6.07) is 41.6. The predicted octanol–water partition coefficient (Wildman–Crippen LogP) is 18.7. The number of carbonyl (C=O) groups excluding carboxylic acids is 4. The van der Waals surface area contributed by atoms with Crippen LogP contribution in [0.2, 0.25) is 15.1 Å². The fraction of sp³-hybridized carbons (Fsp3) is 0.443. The molecule has 4 atom stereocenters. The van der Waals surface area contributed by atoms with E-state index in [2.05, 4.69) is 87.0 Å². The van der Waals surface area contributed by atoms with Crippen molar-refractivity contribution < 1.29 is 61.8 Å². The van der Waals surface area contributed by atoms with E-state index in [1.165, 1.54) is 17.7 Å². The van der Waals surface area contributed by atoms with Crippen LogP contribution in [0.15, 0.2) is 144 Å². The Balaban J connectivity index is 0.000000155.